The average molecular weight is 1560 g/mol. The number of fused-ring (bicyclic) bond motifs is 4. The summed E-state index contributed by atoms with van der Waals surface area (Å²) in [4.78, 5) is 51.2. The molecule has 0 saturated carbocycles. The van der Waals surface area contributed by atoms with Crippen LogP contribution >= 0.6 is 0 Å². The fourth-order valence-electron chi connectivity index (χ4n) is 12.3. The van der Waals surface area contributed by atoms with Crippen LogP contribution in [0.1, 0.15) is 0 Å². The molecule has 15 rings (SSSR count). The molecule has 3 aliphatic rings. The molecule has 113 heavy (non-hydrogen) atoms. The Hall–Kier alpha value is -12.0. The molecule has 3 fully saturated rings. The number of aromatic hydroxyl groups is 5. The molecule has 1 unspecified atom stereocenters. The highest BCUT2D eigenvalue weighted by Gasteiger charge is 2.48. The van der Waals surface area contributed by atoms with Crippen LogP contribution in [0.4, 0.5) is 0 Å². The molecule has 0 aliphatic carbocycles. The minimum absolute atomic E-state index is 0.0462. The molecule has 3 aliphatic heterocycles. The Morgan fingerprint density at radius 2 is 0.566 bits per heavy atom. The number of methoxy groups -OCH3 is 2. The van der Waals surface area contributed by atoms with Crippen LogP contribution in [0.15, 0.2) is 220 Å². The van der Waals surface area contributed by atoms with Gasteiger partial charge < -0.3 is 142 Å². The third-order valence-corrected chi connectivity index (χ3v) is 18.6. The van der Waals surface area contributed by atoms with Crippen LogP contribution in [0, 0.1) is 0 Å². The van der Waals surface area contributed by atoms with Gasteiger partial charge in [0.15, 0.2) is 33.9 Å². The number of phenols is 5. The summed E-state index contributed by atoms with van der Waals surface area (Å²) in [5.74, 6) is 0.938. The van der Waals surface area contributed by atoms with Crippen molar-refractivity contribution >= 4 is 43.9 Å². The monoisotopic (exact) mass is 1560 g/mol. The molecule has 8 aromatic carbocycles. The number of phenolic OH excluding ortho intramolecular Hbond substituents is 5. The molecule has 0 radical (unpaired) electrons. The number of rotatable bonds is 15. The summed E-state index contributed by atoms with van der Waals surface area (Å²) in [5, 5.41) is 166. The number of aliphatic hydroxyl groups excluding tert-OH is 12. The van der Waals surface area contributed by atoms with Gasteiger partial charge in [-0.2, -0.15) is 0 Å². The SMILES string of the molecule is COc1cc2c(=O)c(-c3ccc(O)cc3)coc2cc1O[C@@H]1O[C@H](CO)[C@@H](O)[C@H](O)[C@H]1O.COc1cc2c(=O)c(-c3ccc(O)cc3)coc2cc1O[C@@H]1O[C@H](CO)[C@@H](O)[C@H](O)[C@H]1O.O=c1c(-c2ccc(O)cc2)coc2cc(O)ccc12.O=c1c(-c2ccc(O)cc2)coc2cc(OC3O[C@H](CO)[C@@H](O)[C@H](O)[C@H]3O)ccc12. The van der Waals surface area contributed by atoms with E-state index >= 15 is 0 Å². The third-order valence-electron chi connectivity index (χ3n) is 18.6. The maximum absolute atomic E-state index is 13.0. The molecule has 592 valence electrons. The van der Waals surface area contributed by atoms with Gasteiger partial charge in [0.25, 0.3) is 0 Å². The second kappa shape index (κ2) is 34.7. The summed E-state index contributed by atoms with van der Waals surface area (Å²) >= 11 is 0. The van der Waals surface area contributed by atoms with Crippen molar-refractivity contribution in [1.82, 2.24) is 0 Å². The van der Waals surface area contributed by atoms with Crippen molar-refractivity contribution < 1.29 is 142 Å². The van der Waals surface area contributed by atoms with Crippen molar-refractivity contribution in [2.75, 3.05) is 34.0 Å². The highest BCUT2D eigenvalue weighted by molar-refractivity contribution is 5.87. The molecular weight excluding hydrogens is 1490 g/mol. The largest absolute Gasteiger partial charge is 0.508 e. The lowest BCUT2D eigenvalue weighted by atomic mass is 9.99. The summed E-state index contributed by atoms with van der Waals surface area (Å²) in [6.07, 6.45) is -16.5. The second-order valence-corrected chi connectivity index (χ2v) is 25.9. The van der Waals surface area contributed by atoms with Crippen LogP contribution in [0.3, 0.4) is 0 Å². The van der Waals surface area contributed by atoms with Gasteiger partial charge >= 0.3 is 0 Å². The predicted octanol–water partition coefficient (Wildman–Crippen LogP) is 3.92. The van der Waals surface area contributed by atoms with E-state index in [0.29, 0.717) is 49.7 Å². The van der Waals surface area contributed by atoms with E-state index in [9.17, 15) is 106 Å². The van der Waals surface area contributed by atoms with Crippen molar-refractivity contribution in [1.29, 1.82) is 0 Å². The summed E-state index contributed by atoms with van der Waals surface area (Å²) in [5.41, 5.74) is 3.43. The highest BCUT2D eigenvalue weighted by atomic mass is 16.7. The summed E-state index contributed by atoms with van der Waals surface area (Å²) in [7, 11) is 2.71. The summed E-state index contributed by atoms with van der Waals surface area (Å²) in [6.45, 7) is -1.78. The molecule has 3 saturated heterocycles. The fraction of sp³-hybridized carbons (Fsp3) is 0.250. The number of aliphatic hydroxyl groups is 12. The van der Waals surface area contributed by atoms with Crippen LogP contribution < -0.4 is 45.4 Å². The minimum Gasteiger partial charge on any atom is -0.508 e. The summed E-state index contributed by atoms with van der Waals surface area (Å²) in [6, 6.07) is 38.9. The molecule has 15 atom stereocenters. The van der Waals surface area contributed by atoms with Crippen molar-refractivity contribution in [2.24, 2.45) is 0 Å². The molecule has 0 bridgehead atoms. The minimum atomic E-state index is -1.61. The van der Waals surface area contributed by atoms with Gasteiger partial charge in [0.2, 0.25) is 29.7 Å². The lowest BCUT2D eigenvalue weighted by molar-refractivity contribution is -0.277. The Bertz CT molecular complexity index is 5380. The highest BCUT2D eigenvalue weighted by Crippen LogP contribution is 2.39. The quantitative estimate of drug-likeness (QED) is 0.0691. The molecule has 7 heterocycles. The van der Waals surface area contributed by atoms with Gasteiger partial charge in [-0.1, -0.05) is 48.5 Å². The molecule has 4 aromatic heterocycles. The maximum Gasteiger partial charge on any atom is 0.229 e. The zero-order valence-corrected chi connectivity index (χ0v) is 59.2. The van der Waals surface area contributed by atoms with Gasteiger partial charge in [-0.15, -0.1) is 0 Å². The zero-order chi connectivity index (χ0) is 80.8. The predicted molar refractivity (Wildman–Crippen MR) is 396 cm³/mol. The average Bonchev–Trinajstić information content (AvgIpc) is 0.778. The molecular formula is C80H74O33. The smallest absolute Gasteiger partial charge is 0.229 e. The normalized spacial score (nSPS) is 23.4. The number of hydrogen-bond donors (Lipinski definition) is 17. The Morgan fingerprint density at radius 1 is 0.292 bits per heavy atom. The van der Waals surface area contributed by atoms with Gasteiger partial charge in [-0.25, -0.2) is 0 Å². The van der Waals surface area contributed by atoms with E-state index in [0.717, 1.165) is 0 Å². The Balaban J connectivity index is 0.000000142. The molecule has 0 amide bonds. The number of hydrogen-bond acceptors (Lipinski definition) is 33. The molecule has 17 N–H and O–H groups in total. The molecule has 33 heteroatoms. The lowest BCUT2D eigenvalue weighted by Gasteiger charge is -2.39. The van der Waals surface area contributed by atoms with Crippen LogP contribution in [0.5, 0.6) is 57.5 Å². The Labute approximate surface area is 635 Å². The Morgan fingerprint density at radius 3 is 0.876 bits per heavy atom. The van der Waals surface area contributed by atoms with E-state index in [2.05, 4.69) is 0 Å². The van der Waals surface area contributed by atoms with Gasteiger partial charge in [0.1, 0.15) is 155 Å². The number of benzene rings is 8. The van der Waals surface area contributed by atoms with Crippen molar-refractivity contribution in [3.05, 3.63) is 224 Å². The molecule has 0 spiro atoms. The first-order valence-corrected chi connectivity index (χ1v) is 34.4. The topological polar surface area (TPSA) is 539 Å². The lowest BCUT2D eigenvalue weighted by Crippen LogP contribution is -2.60. The maximum atomic E-state index is 13.0. The van der Waals surface area contributed by atoms with Crippen LogP contribution in [0.2, 0.25) is 0 Å². The van der Waals surface area contributed by atoms with Crippen LogP contribution in [0.25, 0.3) is 88.4 Å². The van der Waals surface area contributed by atoms with Gasteiger partial charge in [0.05, 0.1) is 77.8 Å². The van der Waals surface area contributed by atoms with E-state index in [1.165, 1.54) is 148 Å². The standard InChI is InChI=1S/2C22H22O10.C21H20O9.C15H10O4/c2*1-29-15-6-12-14(30-9-13(18(12)25)10-2-4-11(24)5-3-10)7-16(15)31-22-21(28)20(27)19(26)17(8-23)32-22;22-8-16-18(25)19(26)20(27)21(30-16)29-12-5-6-13-15(7-12)28-9-14(17(13)24)10-1-3-11(23)4-2-10;16-10-3-1-9(2-4-10)13-8-19-14-7-11(17)5-6-12(14)15(13)18/h2*2-7,9,17,19-24,26-28H,8H2,1H3;1-7,9,16,18-23,25-27H,8H2;1-8,16-17H/t2*17-,19-,20+,21-,22-;16-,18-,19+,20-,21?;/m111./s1. The fourth-order valence-corrected chi connectivity index (χ4v) is 12.3. The Kier molecular flexibility index (Phi) is 24.7. The molecule has 12 aromatic rings. The van der Waals surface area contributed by atoms with E-state index in [1.54, 1.807) is 48.5 Å². The second-order valence-electron chi connectivity index (χ2n) is 25.9. The first-order chi connectivity index (χ1) is 54.2. The van der Waals surface area contributed by atoms with Crippen LogP contribution in [-0.4, -0.2) is 213 Å². The summed E-state index contributed by atoms with van der Waals surface area (Å²) < 4.78 is 65.7. The number of ether oxygens (including phenoxy) is 8. The first kappa shape index (κ1) is 80.5. The van der Waals surface area contributed by atoms with Crippen molar-refractivity contribution in [3.8, 4) is 102 Å². The van der Waals surface area contributed by atoms with E-state index in [1.807, 2.05) is 0 Å². The first-order valence-electron chi connectivity index (χ1n) is 34.4. The van der Waals surface area contributed by atoms with Crippen molar-refractivity contribution in [3.63, 3.8) is 0 Å². The third kappa shape index (κ3) is 17.2. The van der Waals surface area contributed by atoms with E-state index in [4.69, 9.17) is 55.6 Å². The van der Waals surface area contributed by atoms with E-state index in [-0.39, 0.29) is 118 Å². The molecule has 33 nitrogen and oxygen atoms in total. The van der Waals surface area contributed by atoms with Gasteiger partial charge in [0, 0.05) is 24.3 Å². The zero-order valence-electron chi connectivity index (χ0n) is 59.2. The van der Waals surface area contributed by atoms with Crippen molar-refractivity contribution in [2.45, 2.75) is 92.1 Å². The van der Waals surface area contributed by atoms with Gasteiger partial charge in [-0.05, 0) is 107 Å². The van der Waals surface area contributed by atoms with Crippen LogP contribution in [-0.2, 0) is 14.2 Å². The van der Waals surface area contributed by atoms with E-state index < -0.39 is 112 Å². The van der Waals surface area contributed by atoms with Gasteiger partial charge in [-0.3, -0.25) is 19.2 Å².